The minimum absolute atomic E-state index is 0.0662. The van der Waals surface area contributed by atoms with Gasteiger partial charge < -0.3 is 19.0 Å². The van der Waals surface area contributed by atoms with Crippen LogP contribution in [0.4, 0.5) is 5.69 Å². The number of carbonyl (C=O) groups is 2. The first-order valence-corrected chi connectivity index (χ1v) is 16.1. The molecule has 1 saturated heterocycles. The van der Waals surface area contributed by atoms with E-state index in [0.717, 1.165) is 41.3 Å². The minimum atomic E-state index is -3.63. The summed E-state index contributed by atoms with van der Waals surface area (Å²) in [6, 6.07) is 19.0. The standard InChI is InChI=1S/C33H34N4O5S/c1-21-10-12-22(13-11-21)31-30(32(38)34-2)27-17-26(28(18-29(27)42-31)35(3)43(4,40)41)23-8-7-15-37(19-23)33(39)24-16-25-9-5-6-14-36(25)20-24/h5-6,9-14,16-18,20,23H,7-8,15,19H2,1-4H3,(H,34,38)/t23-/m0/s1. The number of anilines is 1. The molecule has 1 aliphatic rings. The van der Waals surface area contributed by atoms with Crippen molar-refractivity contribution in [2.24, 2.45) is 0 Å². The zero-order valence-corrected chi connectivity index (χ0v) is 25.4. The number of aromatic nitrogens is 1. The van der Waals surface area contributed by atoms with Crippen LogP contribution in [0.25, 0.3) is 27.8 Å². The van der Waals surface area contributed by atoms with Crippen molar-refractivity contribution < 1.29 is 22.4 Å². The topological polar surface area (TPSA) is 104 Å². The van der Waals surface area contributed by atoms with Gasteiger partial charge in [0.2, 0.25) is 10.0 Å². The van der Waals surface area contributed by atoms with Crippen molar-refractivity contribution in [3.63, 3.8) is 0 Å². The van der Waals surface area contributed by atoms with Crippen LogP contribution in [0.5, 0.6) is 0 Å². The first-order valence-electron chi connectivity index (χ1n) is 14.2. The summed E-state index contributed by atoms with van der Waals surface area (Å²) in [5, 5.41) is 3.33. The number of sulfonamides is 1. The number of pyridine rings is 1. The van der Waals surface area contributed by atoms with Crippen LogP contribution >= 0.6 is 0 Å². The van der Waals surface area contributed by atoms with Crippen LogP contribution in [-0.2, 0) is 10.0 Å². The molecule has 0 aliphatic carbocycles. The number of piperidine rings is 1. The maximum atomic E-state index is 13.6. The number of aryl methyl sites for hydroxylation is 1. The molecule has 0 saturated carbocycles. The first kappa shape index (κ1) is 28.5. The van der Waals surface area contributed by atoms with Crippen molar-refractivity contribution in [1.82, 2.24) is 14.6 Å². The fraction of sp³-hybridized carbons (Fsp3) is 0.273. The Labute approximate surface area is 250 Å². The smallest absolute Gasteiger partial charge is 0.255 e. The molecule has 1 fully saturated rings. The summed E-state index contributed by atoms with van der Waals surface area (Å²) < 4.78 is 35.0. The number of likely N-dealkylation sites (tertiary alicyclic amines) is 1. The molecular formula is C33H34N4O5S. The highest BCUT2D eigenvalue weighted by Gasteiger charge is 2.32. The molecule has 0 radical (unpaired) electrons. The van der Waals surface area contributed by atoms with E-state index in [0.29, 0.717) is 46.6 Å². The van der Waals surface area contributed by atoms with Gasteiger partial charge in [-0.3, -0.25) is 13.9 Å². The Balaban J connectivity index is 1.46. The summed E-state index contributed by atoms with van der Waals surface area (Å²) in [5.74, 6) is -0.108. The summed E-state index contributed by atoms with van der Waals surface area (Å²) >= 11 is 0. The number of amides is 2. The van der Waals surface area contributed by atoms with Crippen molar-refractivity contribution in [2.45, 2.75) is 25.7 Å². The fourth-order valence-electron chi connectivity index (χ4n) is 5.96. The Bertz CT molecular complexity index is 1940. The second-order valence-electron chi connectivity index (χ2n) is 11.2. The van der Waals surface area contributed by atoms with Gasteiger partial charge in [0, 0.05) is 68.0 Å². The molecule has 0 unspecified atom stereocenters. The average Bonchev–Trinajstić information content (AvgIpc) is 3.61. The van der Waals surface area contributed by atoms with Crippen LogP contribution in [0.15, 0.2) is 77.5 Å². The first-order chi connectivity index (χ1) is 20.5. The number of fused-ring (bicyclic) bond motifs is 2. The lowest BCUT2D eigenvalue weighted by Crippen LogP contribution is -2.39. The summed E-state index contributed by atoms with van der Waals surface area (Å²) in [5.41, 5.74) is 5.38. The van der Waals surface area contributed by atoms with Crippen LogP contribution in [0.2, 0.25) is 0 Å². The molecule has 9 nitrogen and oxygen atoms in total. The molecule has 43 heavy (non-hydrogen) atoms. The lowest BCUT2D eigenvalue weighted by atomic mass is 9.87. The molecule has 3 aromatic heterocycles. The van der Waals surface area contributed by atoms with Crippen LogP contribution in [0.1, 0.15) is 50.6 Å². The molecule has 1 aliphatic heterocycles. The van der Waals surface area contributed by atoms with Gasteiger partial charge >= 0.3 is 0 Å². The third-order valence-electron chi connectivity index (χ3n) is 8.34. The van der Waals surface area contributed by atoms with Crippen LogP contribution in [-0.4, -0.2) is 63.0 Å². The number of hydrogen-bond acceptors (Lipinski definition) is 5. The predicted octanol–water partition coefficient (Wildman–Crippen LogP) is 5.44. The summed E-state index contributed by atoms with van der Waals surface area (Å²) in [4.78, 5) is 28.7. The summed E-state index contributed by atoms with van der Waals surface area (Å²) in [6.45, 7) is 3.01. The van der Waals surface area contributed by atoms with Gasteiger partial charge in [0.05, 0.1) is 23.1 Å². The fourth-order valence-corrected chi connectivity index (χ4v) is 6.47. The molecule has 1 N–H and O–H groups in total. The maximum Gasteiger partial charge on any atom is 0.255 e. The lowest BCUT2D eigenvalue weighted by Gasteiger charge is -2.34. The lowest BCUT2D eigenvalue weighted by molar-refractivity contribution is 0.0707. The van der Waals surface area contributed by atoms with E-state index in [9.17, 15) is 18.0 Å². The van der Waals surface area contributed by atoms with Crippen molar-refractivity contribution in [2.75, 3.05) is 37.7 Å². The molecule has 10 heteroatoms. The summed E-state index contributed by atoms with van der Waals surface area (Å²) in [6.07, 6.45) is 6.42. The van der Waals surface area contributed by atoms with Crippen molar-refractivity contribution in [3.05, 3.63) is 95.3 Å². The van der Waals surface area contributed by atoms with E-state index >= 15 is 0 Å². The highest BCUT2D eigenvalue weighted by atomic mass is 32.2. The Morgan fingerprint density at radius 1 is 1.07 bits per heavy atom. The molecule has 5 aromatic rings. The third kappa shape index (κ3) is 5.27. The van der Waals surface area contributed by atoms with E-state index in [1.54, 1.807) is 13.1 Å². The van der Waals surface area contributed by atoms with Gasteiger partial charge in [-0.25, -0.2) is 8.42 Å². The quantitative estimate of drug-likeness (QED) is 0.281. The number of nitrogens with one attached hydrogen (secondary N) is 1. The molecule has 0 spiro atoms. The van der Waals surface area contributed by atoms with Crippen LogP contribution in [0, 0.1) is 6.92 Å². The van der Waals surface area contributed by atoms with E-state index in [2.05, 4.69) is 5.32 Å². The molecular weight excluding hydrogens is 564 g/mol. The van der Waals surface area contributed by atoms with Crippen molar-refractivity contribution >= 4 is 44.0 Å². The van der Waals surface area contributed by atoms with Crippen molar-refractivity contribution in [1.29, 1.82) is 0 Å². The Hall–Kier alpha value is -4.57. The van der Waals surface area contributed by atoms with Gasteiger partial charge in [-0.05, 0) is 49.6 Å². The number of rotatable bonds is 6. The molecule has 0 bridgehead atoms. The third-order valence-corrected chi connectivity index (χ3v) is 9.53. The largest absolute Gasteiger partial charge is 0.455 e. The van der Waals surface area contributed by atoms with Gasteiger partial charge in [-0.2, -0.15) is 0 Å². The number of furan rings is 1. The number of hydrogen-bond donors (Lipinski definition) is 1. The monoisotopic (exact) mass is 598 g/mol. The molecule has 2 amide bonds. The van der Waals surface area contributed by atoms with Gasteiger partial charge in [0.15, 0.2) is 0 Å². The van der Waals surface area contributed by atoms with E-state index in [-0.39, 0.29) is 17.7 Å². The molecule has 1 atom stereocenters. The minimum Gasteiger partial charge on any atom is -0.455 e. The highest BCUT2D eigenvalue weighted by Crippen LogP contribution is 2.42. The second kappa shape index (κ2) is 10.9. The number of nitrogens with zero attached hydrogens (tertiary/aromatic N) is 3. The van der Waals surface area contributed by atoms with E-state index in [1.165, 1.54) is 11.4 Å². The molecule has 222 valence electrons. The van der Waals surface area contributed by atoms with Gasteiger partial charge in [0.1, 0.15) is 11.3 Å². The zero-order valence-electron chi connectivity index (χ0n) is 24.6. The zero-order chi connectivity index (χ0) is 30.5. The summed E-state index contributed by atoms with van der Waals surface area (Å²) in [7, 11) is -0.538. The Kier molecular flexibility index (Phi) is 7.25. The van der Waals surface area contributed by atoms with Gasteiger partial charge in [-0.15, -0.1) is 0 Å². The van der Waals surface area contributed by atoms with E-state index < -0.39 is 10.0 Å². The maximum absolute atomic E-state index is 13.6. The Morgan fingerprint density at radius 2 is 1.84 bits per heavy atom. The van der Waals surface area contributed by atoms with Gasteiger partial charge in [-0.1, -0.05) is 35.9 Å². The van der Waals surface area contributed by atoms with E-state index in [1.807, 2.05) is 83.2 Å². The molecule has 2 aromatic carbocycles. The van der Waals surface area contributed by atoms with E-state index in [4.69, 9.17) is 4.42 Å². The van der Waals surface area contributed by atoms with Crippen molar-refractivity contribution in [3.8, 4) is 11.3 Å². The molecule has 6 rings (SSSR count). The van der Waals surface area contributed by atoms with Crippen LogP contribution < -0.4 is 9.62 Å². The van der Waals surface area contributed by atoms with Gasteiger partial charge in [0.25, 0.3) is 11.8 Å². The Morgan fingerprint density at radius 3 is 2.53 bits per heavy atom. The second-order valence-corrected chi connectivity index (χ2v) is 13.3. The highest BCUT2D eigenvalue weighted by molar-refractivity contribution is 7.92. The molecule has 4 heterocycles. The SMILES string of the molecule is CNC(=O)c1c(-c2ccc(C)cc2)oc2cc(N(C)S(C)(=O)=O)c([C@H]3CCCN(C(=O)c4cc5ccccn5c4)C3)cc12. The number of benzene rings is 2. The average molecular weight is 599 g/mol. The van der Waals surface area contributed by atoms with Crippen LogP contribution in [0.3, 0.4) is 0 Å². The normalized spacial score (nSPS) is 15.6. The number of carbonyl (C=O) groups excluding carboxylic acids is 2. The predicted molar refractivity (Wildman–Crippen MR) is 168 cm³/mol.